The van der Waals surface area contributed by atoms with Gasteiger partial charge in [0.15, 0.2) is 0 Å². The van der Waals surface area contributed by atoms with Crippen LogP contribution in [0, 0.1) is 5.92 Å². The highest BCUT2D eigenvalue weighted by molar-refractivity contribution is 4.97. The van der Waals surface area contributed by atoms with Crippen LogP contribution in [0.1, 0.15) is 25.5 Å². The summed E-state index contributed by atoms with van der Waals surface area (Å²) in [4.78, 5) is 4.21. The number of hydrogen-bond donors (Lipinski definition) is 1. The van der Waals surface area contributed by atoms with Crippen molar-refractivity contribution in [1.29, 1.82) is 0 Å². The molecular weight excluding hydrogens is 174 g/mol. The first-order valence-electron chi connectivity index (χ1n) is 5.60. The molecule has 14 heavy (non-hydrogen) atoms. The molecule has 78 valence electrons. The van der Waals surface area contributed by atoms with E-state index in [1.165, 1.54) is 31.6 Å². The molecule has 0 amide bonds. The van der Waals surface area contributed by atoms with E-state index in [1.54, 1.807) is 0 Å². The second-order valence-corrected chi connectivity index (χ2v) is 4.08. The zero-order valence-corrected chi connectivity index (χ0v) is 8.87. The van der Waals surface area contributed by atoms with Crippen molar-refractivity contribution in [2.45, 2.75) is 32.7 Å². The van der Waals surface area contributed by atoms with Gasteiger partial charge in [0, 0.05) is 18.4 Å². The Bertz CT molecular complexity index is 274. The zero-order valence-electron chi connectivity index (χ0n) is 8.87. The Morgan fingerprint density at radius 2 is 2.29 bits per heavy atom. The molecule has 0 spiro atoms. The van der Waals surface area contributed by atoms with Gasteiger partial charge in [-0.3, -0.25) is 0 Å². The Hall–Kier alpha value is -0.830. The number of imidazole rings is 1. The van der Waals surface area contributed by atoms with Crippen molar-refractivity contribution in [2.75, 3.05) is 13.1 Å². The topological polar surface area (TPSA) is 29.9 Å². The molecule has 2 rings (SSSR count). The van der Waals surface area contributed by atoms with Gasteiger partial charge in [0.05, 0.1) is 6.33 Å². The first-order chi connectivity index (χ1) is 6.90. The Morgan fingerprint density at radius 3 is 3.00 bits per heavy atom. The van der Waals surface area contributed by atoms with Crippen LogP contribution in [0.3, 0.4) is 0 Å². The minimum atomic E-state index is 0.843. The molecule has 0 aromatic carbocycles. The summed E-state index contributed by atoms with van der Waals surface area (Å²) in [6.07, 6.45) is 7.66. The van der Waals surface area contributed by atoms with E-state index in [-0.39, 0.29) is 0 Å². The van der Waals surface area contributed by atoms with Gasteiger partial charge in [-0.25, -0.2) is 4.98 Å². The molecule has 1 aliphatic rings. The van der Waals surface area contributed by atoms with E-state index in [0.717, 1.165) is 18.9 Å². The van der Waals surface area contributed by atoms with Crippen LogP contribution in [0.4, 0.5) is 0 Å². The number of nitrogens with zero attached hydrogens (tertiary/aromatic N) is 2. The molecule has 1 aromatic rings. The number of rotatable bonds is 3. The SMILES string of the molecule is CCc1cncn1CC1CCNCC1. The van der Waals surface area contributed by atoms with Crippen molar-refractivity contribution >= 4 is 0 Å². The van der Waals surface area contributed by atoms with E-state index in [2.05, 4.69) is 21.8 Å². The van der Waals surface area contributed by atoms with E-state index in [9.17, 15) is 0 Å². The number of nitrogens with one attached hydrogen (secondary N) is 1. The third-order valence-corrected chi connectivity index (χ3v) is 3.07. The maximum Gasteiger partial charge on any atom is 0.0948 e. The fourth-order valence-electron chi connectivity index (χ4n) is 2.15. The van der Waals surface area contributed by atoms with Crippen LogP contribution in [0.2, 0.25) is 0 Å². The smallest absolute Gasteiger partial charge is 0.0948 e. The number of piperidine rings is 1. The van der Waals surface area contributed by atoms with Gasteiger partial charge in [-0.15, -0.1) is 0 Å². The summed E-state index contributed by atoms with van der Waals surface area (Å²) in [5.41, 5.74) is 1.36. The molecule has 1 saturated heterocycles. The first-order valence-corrected chi connectivity index (χ1v) is 5.60. The first kappa shape index (κ1) is 9.71. The van der Waals surface area contributed by atoms with Gasteiger partial charge in [0.2, 0.25) is 0 Å². The van der Waals surface area contributed by atoms with Gasteiger partial charge in [-0.1, -0.05) is 6.92 Å². The number of aromatic nitrogens is 2. The Morgan fingerprint density at radius 1 is 1.50 bits per heavy atom. The summed E-state index contributed by atoms with van der Waals surface area (Å²) in [5, 5.41) is 3.40. The summed E-state index contributed by atoms with van der Waals surface area (Å²) in [6, 6.07) is 0. The van der Waals surface area contributed by atoms with Crippen molar-refractivity contribution in [3.8, 4) is 0 Å². The normalized spacial score (nSPS) is 18.6. The van der Waals surface area contributed by atoms with Gasteiger partial charge in [-0.2, -0.15) is 0 Å². The van der Waals surface area contributed by atoms with Crippen LogP contribution < -0.4 is 5.32 Å². The Kier molecular flexibility index (Phi) is 3.19. The van der Waals surface area contributed by atoms with E-state index in [0.29, 0.717) is 0 Å². The summed E-state index contributed by atoms with van der Waals surface area (Å²) in [5.74, 6) is 0.843. The van der Waals surface area contributed by atoms with Crippen LogP contribution >= 0.6 is 0 Å². The average molecular weight is 193 g/mol. The molecule has 3 heteroatoms. The van der Waals surface area contributed by atoms with Crippen LogP contribution in [0.5, 0.6) is 0 Å². The molecule has 0 bridgehead atoms. The summed E-state index contributed by atoms with van der Waals surface area (Å²) in [7, 11) is 0. The lowest BCUT2D eigenvalue weighted by Gasteiger charge is -2.23. The number of hydrogen-bond acceptors (Lipinski definition) is 2. The molecule has 1 aromatic heterocycles. The predicted octanol–water partition coefficient (Wildman–Crippen LogP) is 1.45. The van der Waals surface area contributed by atoms with Crippen molar-refractivity contribution in [1.82, 2.24) is 14.9 Å². The molecule has 1 fully saturated rings. The predicted molar refractivity (Wildman–Crippen MR) is 57.2 cm³/mol. The second kappa shape index (κ2) is 4.60. The molecule has 0 atom stereocenters. The minimum absolute atomic E-state index is 0.843. The van der Waals surface area contributed by atoms with Gasteiger partial charge < -0.3 is 9.88 Å². The highest BCUT2D eigenvalue weighted by atomic mass is 15.0. The van der Waals surface area contributed by atoms with Crippen LogP contribution in [0.15, 0.2) is 12.5 Å². The van der Waals surface area contributed by atoms with E-state index in [4.69, 9.17) is 0 Å². The van der Waals surface area contributed by atoms with Gasteiger partial charge in [-0.05, 0) is 38.3 Å². The molecule has 3 nitrogen and oxygen atoms in total. The maximum absolute atomic E-state index is 4.21. The van der Waals surface area contributed by atoms with E-state index < -0.39 is 0 Å². The summed E-state index contributed by atoms with van der Waals surface area (Å²) < 4.78 is 2.32. The Labute approximate surface area is 85.5 Å². The third-order valence-electron chi connectivity index (χ3n) is 3.07. The quantitative estimate of drug-likeness (QED) is 0.787. The molecule has 1 N–H and O–H groups in total. The lowest BCUT2D eigenvalue weighted by Crippen LogP contribution is -2.30. The standard InChI is InChI=1S/C11H19N3/c1-2-11-7-13-9-14(11)8-10-3-5-12-6-4-10/h7,9-10,12H,2-6,8H2,1H3. The second-order valence-electron chi connectivity index (χ2n) is 4.08. The van der Waals surface area contributed by atoms with Crippen LogP contribution in [0.25, 0.3) is 0 Å². The average Bonchev–Trinajstić information content (AvgIpc) is 2.67. The minimum Gasteiger partial charge on any atom is -0.334 e. The largest absolute Gasteiger partial charge is 0.334 e. The highest BCUT2D eigenvalue weighted by Gasteiger charge is 2.14. The molecule has 1 aliphatic heterocycles. The van der Waals surface area contributed by atoms with E-state index >= 15 is 0 Å². The van der Waals surface area contributed by atoms with Crippen LogP contribution in [-0.2, 0) is 13.0 Å². The van der Waals surface area contributed by atoms with Crippen molar-refractivity contribution in [3.63, 3.8) is 0 Å². The molecule has 0 aliphatic carbocycles. The van der Waals surface area contributed by atoms with Gasteiger partial charge in [0.1, 0.15) is 0 Å². The van der Waals surface area contributed by atoms with Gasteiger partial charge >= 0.3 is 0 Å². The van der Waals surface area contributed by atoms with Crippen molar-refractivity contribution in [3.05, 3.63) is 18.2 Å². The molecule has 2 heterocycles. The Balaban J connectivity index is 1.95. The maximum atomic E-state index is 4.21. The lowest BCUT2D eigenvalue weighted by molar-refractivity contribution is 0.330. The van der Waals surface area contributed by atoms with Crippen molar-refractivity contribution < 1.29 is 0 Å². The summed E-state index contributed by atoms with van der Waals surface area (Å²) in [6.45, 7) is 5.71. The fraction of sp³-hybridized carbons (Fsp3) is 0.727. The van der Waals surface area contributed by atoms with E-state index in [1.807, 2.05) is 12.5 Å². The number of aryl methyl sites for hydroxylation is 1. The highest BCUT2D eigenvalue weighted by Crippen LogP contribution is 2.15. The van der Waals surface area contributed by atoms with Crippen molar-refractivity contribution in [2.24, 2.45) is 5.92 Å². The van der Waals surface area contributed by atoms with Crippen LogP contribution in [-0.4, -0.2) is 22.6 Å². The monoisotopic (exact) mass is 193 g/mol. The fourth-order valence-corrected chi connectivity index (χ4v) is 2.15. The molecule has 0 unspecified atom stereocenters. The summed E-state index contributed by atoms with van der Waals surface area (Å²) >= 11 is 0. The lowest BCUT2D eigenvalue weighted by atomic mass is 9.98. The molecule has 0 radical (unpaired) electrons. The zero-order chi connectivity index (χ0) is 9.80. The molecular formula is C11H19N3. The molecule has 0 saturated carbocycles. The van der Waals surface area contributed by atoms with Gasteiger partial charge in [0.25, 0.3) is 0 Å². The third kappa shape index (κ3) is 2.15.